The molecule has 2 N–H and O–H groups in total. The third kappa shape index (κ3) is 2.37. The van der Waals surface area contributed by atoms with E-state index < -0.39 is 0 Å². The molecule has 0 amide bonds. The van der Waals surface area contributed by atoms with Crippen molar-refractivity contribution >= 4 is 5.52 Å². The van der Waals surface area contributed by atoms with Crippen LogP contribution in [-0.4, -0.2) is 24.4 Å². The summed E-state index contributed by atoms with van der Waals surface area (Å²) in [6, 6.07) is 8.24. The Hall–Kier alpha value is -2.99. The van der Waals surface area contributed by atoms with Gasteiger partial charge in [-0.15, -0.1) is 0 Å². The lowest BCUT2D eigenvalue weighted by atomic mass is 10.0. The zero-order valence-electron chi connectivity index (χ0n) is 13.6. The molecule has 4 aromatic rings. The average Bonchev–Trinajstić information content (AvgIpc) is 3.22. The van der Waals surface area contributed by atoms with Crippen LogP contribution in [0.15, 0.2) is 49.1 Å². The first kappa shape index (κ1) is 14.6. The monoisotopic (exact) mass is 318 g/mol. The fraction of sp³-hybridized carbons (Fsp3) is 0.167. The largest absolute Gasteiger partial charge is 0.326 e. The van der Waals surface area contributed by atoms with Crippen LogP contribution >= 0.6 is 0 Å². The molecule has 0 saturated carbocycles. The van der Waals surface area contributed by atoms with Gasteiger partial charge < -0.3 is 5.73 Å². The maximum Gasteiger partial charge on any atom is 0.0967 e. The summed E-state index contributed by atoms with van der Waals surface area (Å²) in [4.78, 5) is 4.88. The number of nitrogens with two attached hydrogens (primary N) is 1. The SMILES string of the molecule is Cc1cc(-c2nc(-c3cnn(C)c3)cn3nccc23)ccc1CN. The Labute approximate surface area is 139 Å². The fourth-order valence-corrected chi connectivity index (χ4v) is 2.90. The Bertz CT molecular complexity index is 1030. The summed E-state index contributed by atoms with van der Waals surface area (Å²) in [5.41, 5.74) is 12.8. The van der Waals surface area contributed by atoms with Crippen LogP contribution < -0.4 is 5.73 Å². The molecule has 0 atom stereocenters. The van der Waals surface area contributed by atoms with Crippen LogP contribution in [0.2, 0.25) is 0 Å². The van der Waals surface area contributed by atoms with Gasteiger partial charge in [0.1, 0.15) is 0 Å². The molecule has 6 nitrogen and oxygen atoms in total. The number of hydrogen-bond donors (Lipinski definition) is 1. The third-order valence-electron chi connectivity index (χ3n) is 4.23. The highest BCUT2D eigenvalue weighted by Gasteiger charge is 2.12. The molecule has 0 radical (unpaired) electrons. The average molecular weight is 318 g/mol. The molecule has 0 spiro atoms. The first-order valence-corrected chi connectivity index (χ1v) is 7.79. The molecule has 6 heteroatoms. The van der Waals surface area contributed by atoms with E-state index in [0.29, 0.717) is 6.54 Å². The highest BCUT2D eigenvalue weighted by molar-refractivity contribution is 5.79. The van der Waals surface area contributed by atoms with E-state index in [-0.39, 0.29) is 0 Å². The van der Waals surface area contributed by atoms with Crippen molar-refractivity contribution in [2.75, 3.05) is 0 Å². The second kappa shape index (κ2) is 5.58. The molecule has 0 fully saturated rings. The van der Waals surface area contributed by atoms with E-state index in [2.05, 4.69) is 35.3 Å². The minimum atomic E-state index is 0.539. The molecule has 3 heterocycles. The van der Waals surface area contributed by atoms with Gasteiger partial charge in [0.15, 0.2) is 0 Å². The van der Waals surface area contributed by atoms with E-state index in [1.165, 1.54) is 5.56 Å². The number of fused-ring (bicyclic) bond motifs is 1. The lowest BCUT2D eigenvalue weighted by Crippen LogP contribution is -2.00. The number of rotatable bonds is 3. The molecule has 24 heavy (non-hydrogen) atoms. The Kier molecular flexibility index (Phi) is 3.39. The second-order valence-electron chi connectivity index (χ2n) is 5.88. The first-order chi connectivity index (χ1) is 11.7. The van der Waals surface area contributed by atoms with E-state index >= 15 is 0 Å². The van der Waals surface area contributed by atoms with Crippen LogP contribution in [-0.2, 0) is 13.6 Å². The van der Waals surface area contributed by atoms with Crippen LogP contribution in [0, 0.1) is 6.92 Å². The second-order valence-corrected chi connectivity index (χ2v) is 5.88. The standard InChI is InChI=1S/C18H18N6/c1-12-7-13(3-4-14(12)8-19)18-17-5-6-20-24(17)11-16(22-18)15-9-21-23(2)10-15/h3-7,9-11H,8,19H2,1-2H3. The number of aromatic nitrogens is 5. The lowest BCUT2D eigenvalue weighted by molar-refractivity contribution is 0.768. The molecule has 0 unspecified atom stereocenters. The quantitative estimate of drug-likeness (QED) is 0.630. The van der Waals surface area contributed by atoms with Gasteiger partial charge in [-0.2, -0.15) is 10.2 Å². The van der Waals surface area contributed by atoms with E-state index in [4.69, 9.17) is 10.7 Å². The van der Waals surface area contributed by atoms with Crippen LogP contribution in [0.5, 0.6) is 0 Å². The van der Waals surface area contributed by atoms with Gasteiger partial charge in [-0.3, -0.25) is 4.68 Å². The molecule has 120 valence electrons. The summed E-state index contributed by atoms with van der Waals surface area (Å²) in [5.74, 6) is 0. The number of hydrogen-bond acceptors (Lipinski definition) is 4. The fourth-order valence-electron chi connectivity index (χ4n) is 2.90. The van der Waals surface area contributed by atoms with Gasteiger partial charge >= 0.3 is 0 Å². The Morgan fingerprint density at radius 3 is 2.67 bits per heavy atom. The summed E-state index contributed by atoms with van der Waals surface area (Å²) in [6.45, 7) is 2.61. The lowest BCUT2D eigenvalue weighted by Gasteiger charge is -2.09. The predicted molar refractivity (Wildman–Crippen MR) is 93.3 cm³/mol. The summed E-state index contributed by atoms with van der Waals surface area (Å²) >= 11 is 0. The molecule has 3 aromatic heterocycles. The summed E-state index contributed by atoms with van der Waals surface area (Å²) < 4.78 is 3.63. The summed E-state index contributed by atoms with van der Waals surface area (Å²) in [5, 5.41) is 8.62. The van der Waals surface area contributed by atoms with Gasteiger partial charge in [-0.1, -0.05) is 12.1 Å². The van der Waals surface area contributed by atoms with Crippen LogP contribution in [0.25, 0.3) is 28.0 Å². The van der Waals surface area contributed by atoms with E-state index in [0.717, 1.165) is 33.6 Å². The maximum atomic E-state index is 5.78. The highest BCUT2D eigenvalue weighted by atomic mass is 15.2. The molecule has 0 aliphatic carbocycles. The van der Waals surface area contributed by atoms with Gasteiger partial charge in [-0.25, -0.2) is 9.50 Å². The molecular formula is C18H18N6. The van der Waals surface area contributed by atoms with Crippen molar-refractivity contribution in [3.8, 4) is 22.5 Å². The number of nitrogens with zero attached hydrogens (tertiary/aromatic N) is 5. The maximum absolute atomic E-state index is 5.78. The Morgan fingerprint density at radius 2 is 1.96 bits per heavy atom. The Morgan fingerprint density at radius 1 is 1.08 bits per heavy atom. The zero-order chi connectivity index (χ0) is 16.7. The predicted octanol–water partition coefficient (Wildman–Crippen LogP) is 2.56. The van der Waals surface area contributed by atoms with Crippen LogP contribution in [0.4, 0.5) is 0 Å². The van der Waals surface area contributed by atoms with Crippen molar-refractivity contribution in [1.29, 1.82) is 0 Å². The van der Waals surface area contributed by atoms with Crippen LogP contribution in [0.3, 0.4) is 0 Å². The van der Waals surface area contributed by atoms with Gasteiger partial charge in [0.2, 0.25) is 0 Å². The third-order valence-corrected chi connectivity index (χ3v) is 4.23. The molecule has 0 aliphatic heterocycles. The van der Waals surface area contributed by atoms with Gasteiger partial charge in [0.05, 0.1) is 35.5 Å². The molecular weight excluding hydrogens is 300 g/mol. The van der Waals surface area contributed by atoms with Crippen molar-refractivity contribution in [2.45, 2.75) is 13.5 Å². The topological polar surface area (TPSA) is 74.0 Å². The number of aryl methyl sites for hydroxylation is 2. The van der Waals surface area contributed by atoms with Crippen molar-refractivity contribution in [3.05, 3.63) is 60.2 Å². The molecule has 4 rings (SSSR count). The molecule has 0 saturated heterocycles. The van der Waals surface area contributed by atoms with Crippen molar-refractivity contribution < 1.29 is 0 Å². The number of benzene rings is 1. The summed E-state index contributed by atoms with van der Waals surface area (Å²) in [6.07, 6.45) is 7.47. The first-order valence-electron chi connectivity index (χ1n) is 7.79. The molecule has 0 aliphatic rings. The zero-order valence-corrected chi connectivity index (χ0v) is 13.6. The van der Waals surface area contributed by atoms with E-state index in [1.807, 2.05) is 36.2 Å². The highest BCUT2D eigenvalue weighted by Crippen LogP contribution is 2.28. The molecule has 0 bridgehead atoms. The van der Waals surface area contributed by atoms with Gasteiger partial charge in [0.25, 0.3) is 0 Å². The minimum Gasteiger partial charge on any atom is -0.326 e. The van der Waals surface area contributed by atoms with E-state index in [1.54, 1.807) is 10.9 Å². The van der Waals surface area contributed by atoms with Crippen molar-refractivity contribution in [2.24, 2.45) is 12.8 Å². The van der Waals surface area contributed by atoms with Gasteiger partial charge in [0, 0.05) is 30.9 Å². The Balaban J connectivity index is 1.93. The van der Waals surface area contributed by atoms with Crippen LogP contribution in [0.1, 0.15) is 11.1 Å². The smallest absolute Gasteiger partial charge is 0.0967 e. The van der Waals surface area contributed by atoms with Crippen molar-refractivity contribution in [3.63, 3.8) is 0 Å². The van der Waals surface area contributed by atoms with Gasteiger partial charge in [-0.05, 0) is 30.2 Å². The van der Waals surface area contributed by atoms with Crippen molar-refractivity contribution in [1.82, 2.24) is 24.4 Å². The normalized spacial score (nSPS) is 11.3. The summed E-state index contributed by atoms with van der Waals surface area (Å²) in [7, 11) is 1.89. The van der Waals surface area contributed by atoms with E-state index in [9.17, 15) is 0 Å². The molecule has 1 aromatic carbocycles. The minimum absolute atomic E-state index is 0.539.